The molecule has 0 fully saturated rings. The quantitative estimate of drug-likeness (QED) is 0.198. The number of para-hydroxylation sites is 1. The smallest absolute Gasteiger partial charge is 0.832 e. The van der Waals surface area contributed by atoms with Gasteiger partial charge in [-0.05, 0) is 12.1 Å². The summed E-state index contributed by atoms with van der Waals surface area (Å²) in [7, 11) is -8.92. The van der Waals surface area contributed by atoms with E-state index in [-0.39, 0.29) is 30.2 Å². The molecule has 0 atom stereocenters. The summed E-state index contributed by atoms with van der Waals surface area (Å²) >= 11 is 0. The van der Waals surface area contributed by atoms with Gasteiger partial charge < -0.3 is 70.5 Å². The van der Waals surface area contributed by atoms with Gasteiger partial charge in [-0.25, -0.2) is 4.79 Å². The largest absolute Gasteiger partial charge is 1.00 e. The molecule has 0 aromatic heterocycles. The minimum atomic E-state index is -2.42. The average Bonchev–Trinajstić information content (AvgIpc) is 2.35. The summed E-state index contributed by atoms with van der Waals surface area (Å²) in [4.78, 5) is 10.3. The van der Waals surface area contributed by atoms with Crippen molar-refractivity contribution in [2.45, 2.75) is 0 Å². The van der Waals surface area contributed by atoms with Crippen LogP contribution < -0.4 is 23.9 Å². The first-order chi connectivity index (χ1) is 11.6. The number of phenols is 1. The van der Waals surface area contributed by atoms with Crippen molar-refractivity contribution in [3.05, 3.63) is 29.8 Å². The third-order valence-electron chi connectivity index (χ3n) is 1.13. The molecule has 15 nitrogen and oxygen atoms in total. The Bertz CT molecular complexity index is 401. The van der Waals surface area contributed by atoms with E-state index in [4.69, 9.17) is 70.5 Å². The Morgan fingerprint density at radius 1 is 0.741 bits per heavy atom. The molecule has 0 radical (unpaired) electrons. The van der Waals surface area contributed by atoms with Gasteiger partial charge in [-0.2, -0.15) is 0 Å². The molecule has 13 N–H and O–H groups in total. The van der Waals surface area contributed by atoms with Gasteiger partial charge in [-0.1, -0.05) is 12.1 Å². The summed E-state index contributed by atoms with van der Waals surface area (Å²) in [5.74, 6) is -1.31. The zero-order chi connectivity index (χ0) is 21.9. The topological polar surface area (TPSA) is 303 Å². The molecule has 0 aliphatic heterocycles. The first kappa shape index (κ1) is 36.7. The Morgan fingerprint density at radius 3 is 1.11 bits per heavy atom. The van der Waals surface area contributed by atoms with Crippen LogP contribution in [-0.4, -0.2) is 101 Å². The van der Waals surface area contributed by atoms with Gasteiger partial charge in [0.25, 0.3) is 0 Å². The molecule has 0 unspecified atom stereocenters. The maximum Gasteiger partial charge on any atom is 1.00 e. The average molecular weight is 391 g/mol. The first-order valence-electron chi connectivity index (χ1n) is 5.80. The predicted octanol–water partition coefficient (Wildman–Crippen LogP) is -10.7. The van der Waals surface area contributed by atoms with Gasteiger partial charge in [0.2, 0.25) is 0 Å². The molecule has 1 aromatic carbocycles. The zero-order valence-electron chi connectivity index (χ0n) is 13.7. The monoisotopic (exact) mass is 392 g/mol. The molecule has 0 aliphatic rings. The van der Waals surface area contributed by atoms with Crippen molar-refractivity contribution in [2.24, 2.45) is 0 Å². The van der Waals surface area contributed by atoms with E-state index in [0.717, 1.165) is 0 Å². The number of aromatic hydroxyl groups is 1. The Labute approximate surface area is 165 Å². The van der Waals surface area contributed by atoms with Gasteiger partial charge in [0.15, 0.2) is 0 Å². The van der Waals surface area contributed by atoms with Gasteiger partial charge >= 0.3 is 54.1 Å². The Morgan fingerprint density at radius 2 is 0.963 bits per heavy atom. The van der Waals surface area contributed by atoms with Crippen LogP contribution in [0.25, 0.3) is 0 Å². The Balaban J connectivity index is -0.0000000814. The van der Waals surface area contributed by atoms with E-state index in [1.165, 1.54) is 12.1 Å². The van der Waals surface area contributed by atoms with E-state index in [1.54, 1.807) is 12.1 Å². The van der Waals surface area contributed by atoms with Crippen molar-refractivity contribution in [3.63, 3.8) is 0 Å². The second-order valence-electron chi connectivity index (χ2n) is 3.19. The molecule has 0 bridgehead atoms. The van der Waals surface area contributed by atoms with Gasteiger partial charge in [0, 0.05) is 0 Å². The molecule has 27 heavy (non-hydrogen) atoms. The molecule has 20 heteroatoms. The van der Waals surface area contributed by atoms with Crippen LogP contribution in [0.1, 0.15) is 10.4 Å². The van der Waals surface area contributed by atoms with E-state index < -0.39 is 35.3 Å². The predicted molar refractivity (Wildman–Crippen MR) is 82.5 cm³/mol. The summed E-state index contributed by atoms with van der Waals surface area (Å²) in [6.07, 6.45) is 0. The number of aromatic carboxylic acids is 1. The maximum absolute atomic E-state index is 10.3. The minimum Gasteiger partial charge on any atom is -0.832 e. The van der Waals surface area contributed by atoms with Crippen LogP contribution in [0.4, 0.5) is 0 Å². The van der Waals surface area contributed by atoms with Gasteiger partial charge in [-0.15, -0.1) is 0 Å². The molecular formula is C7H17B4LiO15. The number of carboxylic acid groups (broad SMARTS) is 1. The van der Waals surface area contributed by atoms with Crippen LogP contribution in [0.2, 0.25) is 0 Å². The molecular weight excluding hydrogens is 374 g/mol. The summed E-state index contributed by atoms with van der Waals surface area (Å²) in [5.41, 5.74) is -0.0671. The van der Waals surface area contributed by atoms with Crippen molar-refractivity contribution in [1.29, 1.82) is 0 Å². The number of carboxylic acids is 1. The zero-order valence-corrected chi connectivity index (χ0v) is 13.7. The molecule has 0 spiro atoms. The maximum atomic E-state index is 10.3. The van der Waals surface area contributed by atoms with Crippen LogP contribution in [0.5, 0.6) is 5.75 Å². The van der Waals surface area contributed by atoms with Crippen LogP contribution in [0.3, 0.4) is 0 Å². The fraction of sp³-hybridized carbons (Fsp3) is 0. The van der Waals surface area contributed by atoms with Gasteiger partial charge in [-0.3, -0.25) is 0 Å². The van der Waals surface area contributed by atoms with Crippen LogP contribution >= 0.6 is 0 Å². The molecule has 1 aromatic rings. The fourth-order valence-corrected chi connectivity index (χ4v) is 0.654. The number of hydrogen-bond acceptors (Lipinski definition) is 14. The second-order valence-corrected chi connectivity index (χ2v) is 3.19. The molecule has 1 rings (SSSR count). The van der Waals surface area contributed by atoms with Crippen molar-refractivity contribution in [2.75, 3.05) is 0 Å². The van der Waals surface area contributed by atoms with Crippen LogP contribution in [0, 0.1) is 0 Å². The third-order valence-corrected chi connectivity index (χ3v) is 1.13. The molecule has 0 saturated heterocycles. The molecule has 148 valence electrons. The SMILES string of the molecule is O=C(O)c1ccccc1O.OB(O)O.OB(O)O.OB(O)O.[Li+].[O-]B(O)O. The van der Waals surface area contributed by atoms with Gasteiger partial charge in [0.05, 0.1) is 0 Å². The summed E-state index contributed by atoms with van der Waals surface area (Å²) in [6, 6.07) is 5.81. The molecule has 0 amide bonds. The molecule has 0 saturated carbocycles. The van der Waals surface area contributed by atoms with Crippen molar-refractivity contribution >= 4 is 35.3 Å². The number of hydrogen-bond donors (Lipinski definition) is 13. The normalized spacial score (nSPS) is 7.41. The summed E-state index contributed by atoms with van der Waals surface area (Å²) < 4.78 is 0. The van der Waals surface area contributed by atoms with E-state index in [2.05, 4.69) is 0 Å². The van der Waals surface area contributed by atoms with E-state index >= 15 is 0 Å². The van der Waals surface area contributed by atoms with Crippen molar-refractivity contribution in [1.82, 2.24) is 0 Å². The first-order valence-corrected chi connectivity index (χ1v) is 5.80. The number of carbonyl (C=O) groups is 1. The van der Waals surface area contributed by atoms with Crippen LogP contribution in [-0.2, 0) is 0 Å². The minimum absolute atomic E-state index is 0. The standard InChI is InChI=1S/C7H6O3.3BH3O3.BH2O3.Li/c8-6-4-2-1-3-5(6)7(9)10;4*2-1(3)4;/h1-4,8H,(H,9,10);3*2-4H;2-3H;/q;;;;-1;+1. The Kier molecular flexibility index (Phi) is 33.8. The summed E-state index contributed by atoms with van der Waals surface area (Å²) in [6.45, 7) is 0. The Hall–Kier alpha value is -1.13. The second kappa shape index (κ2) is 24.9. The number of benzene rings is 1. The third kappa shape index (κ3) is 67.6. The van der Waals surface area contributed by atoms with Crippen LogP contribution in [0.15, 0.2) is 24.3 Å². The van der Waals surface area contributed by atoms with Crippen molar-refractivity contribution < 1.29 is 94.2 Å². The van der Waals surface area contributed by atoms with Gasteiger partial charge in [0.1, 0.15) is 11.3 Å². The fourth-order valence-electron chi connectivity index (χ4n) is 0.654. The number of rotatable bonds is 1. The van der Waals surface area contributed by atoms with E-state index in [1.807, 2.05) is 0 Å². The molecule has 0 aliphatic carbocycles. The van der Waals surface area contributed by atoms with E-state index in [0.29, 0.717) is 0 Å². The van der Waals surface area contributed by atoms with Crippen molar-refractivity contribution in [3.8, 4) is 5.75 Å². The van der Waals surface area contributed by atoms with E-state index in [9.17, 15) is 4.79 Å². The summed E-state index contributed by atoms with van der Waals surface area (Å²) in [5, 5.41) is 105. The molecule has 0 heterocycles.